The number of hydrogen-bond acceptors (Lipinski definition) is 3. The highest BCUT2D eigenvalue weighted by atomic mass is 79.9. The molecule has 0 aliphatic heterocycles. The van der Waals surface area contributed by atoms with Crippen molar-refractivity contribution in [1.82, 2.24) is 0 Å². The summed E-state index contributed by atoms with van der Waals surface area (Å²) in [6.45, 7) is 0. The Morgan fingerprint density at radius 2 is 1.70 bits per heavy atom. The molecule has 2 rings (SSSR count). The molecule has 6 heteroatoms. The smallest absolute Gasteiger partial charge is 0.272 e. The third kappa shape index (κ3) is 3.37. The Labute approximate surface area is 132 Å². The van der Waals surface area contributed by atoms with Crippen LogP contribution in [0, 0.1) is 10.1 Å². The average molecular weight is 401 g/mol. The molecule has 4 nitrogen and oxygen atoms in total. The zero-order valence-corrected chi connectivity index (χ0v) is 13.5. The molecule has 20 heavy (non-hydrogen) atoms. The first-order chi connectivity index (χ1) is 9.49. The minimum absolute atomic E-state index is 0.143. The number of hydrogen-bond donors (Lipinski definition) is 1. The monoisotopic (exact) mass is 399 g/mol. The summed E-state index contributed by atoms with van der Waals surface area (Å²) in [5, 5.41) is 20.6. The molecule has 104 valence electrons. The highest BCUT2D eigenvalue weighted by molar-refractivity contribution is 9.11. The summed E-state index contributed by atoms with van der Waals surface area (Å²) < 4.78 is 1.20. The molecule has 0 fully saturated rings. The lowest BCUT2D eigenvalue weighted by molar-refractivity contribution is -0.385. The van der Waals surface area contributed by atoms with Crippen LogP contribution in [-0.4, -0.2) is 10.0 Å². The van der Waals surface area contributed by atoms with Gasteiger partial charge in [0.05, 0.1) is 13.9 Å². The Balaban J connectivity index is 2.19. The Morgan fingerprint density at radius 3 is 2.30 bits per heavy atom. The van der Waals surface area contributed by atoms with Gasteiger partial charge in [0.1, 0.15) is 5.75 Å². The molecule has 0 bridgehead atoms. The largest absolute Gasteiger partial charge is 0.506 e. The van der Waals surface area contributed by atoms with E-state index < -0.39 is 0 Å². The van der Waals surface area contributed by atoms with Crippen LogP contribution in [0.2, 0.25) is 0 Å². The molecule has 0 aliphatic carbocycles. The molecule has 0 saturated heterocycles. The fraction of sp³-hybridized carbons (Fsp3) is 0.143. The standard InChI is InChI=1S/C14H11Br2NO3/c15-11-7-9(8-12(16)14(11)18)5-6-10-3-1-2-4-13(10)17(19)20/h1-4,7-8,18H,5-6H2. The van der Waals surface area contributed by atoms with E-state index in [2.05, 4.69) is 31.9 Å². The van der Waals surface area contributed by atoms with Crippen molar-refractivity contribution < 1.29 is 10.0 Å². The van der Waals surface area contributed by atoms with Crippen molar-refractivity contribution in [3.8, 4) is 5.75 Å². The first-order valence-electron chi connectivity index (χ1n) is 5.88. The van der Waals surface area contributed by atoms with Crippen molar-refractivity contribution in [3.63, 3.8) is 0 Å². The predicted octanol–water partition coefficient (Wildman–Crippen LogP) is 4.61. The number of para-hydroxylation sites is 1. The number of nitrogens with zero attached hydrogens (tertiary/aromatic N) is 1. The average Bonchev–Trinajstić information content (AvgIpc) is 2.42. The highest BCUT2D eigenvalue weighted by Crippen LogP contribution is 2.33. The minimum atomic E-state index is -0.363. The number of halogens is 2. The van der Waals surface area contributed by atoms with Gasteiger partial charge in [-0.25, -0.2) is 0 Å². The zero-order valence-electron chi connectivity index (χ0n) is 10.3. The highest BCUT2D eigenvalue weighted by Gasteiger charge is 2.13. The number of rotatable bonds is 4. The van der Waals surface area contributed by atoms with E-state index >= 15 is 0 Å². The summed E-state index contributed by atoms with van der Waals surface area (Å²) >= 11 is 6.55. The van der Waals surface area contributed by atoms with E-state index in [1.54, 1.807) is 18.2 Å². The molecule has 2 aromatic rings. The van der Waals surface area contributed by atoms with Gasteiger partial charge in [-0.2, -0.15) is 0 Å². The van der Waals surface area contributed by atoms with Crippen LogP contribution in [0.3, 0.4) is 0 Å². The van der Waals surface area contributed by atoms with E-state index in [4.69, 9.17) is 0 Å². The lowest BCUT2D eigenvalue weighted by atomic mass is 10.0. The summed E-state index contributed by atoms with van der Waals surface area (Å²) in [4.78, 5) is 10.6. The van der Waals surface area contributed by atoms with Crippen molar-refractivity contribution in [2.75, 3.05) is 0 Å². The maximum Gasteiger partial charge on any atom is 0.272 e. The molecule has 2 aromatic carbocycles. The first kappa shape index (κ1) is 15.0. The van der Waals surface area contributed by atoms with Crippen LogP contribution in [0.25, 0.3) is 0 Å². The minimum Gasteiger partial charge on any atom is -0.506 e. The summed E-state index contributed by atoms with van der Waals surface area (Å²) in [5.41, 5.74) is 1.84. The number of benzene rings is 2. The zero-order chi connectivity index (χ0) is 14.7. The number of nitro groups is 1. The second-order valence-corrected chi connectivity index (χ2v) is 6.00. The van der Waals surface area contributed by atoms with E-state index in [1.165, 1.54) is 6.07 Å². The van der Waals surface area contributed by atoms with Crippen molar-refractivity contribution in [2.24, 2.45) is 0 Å². The molecule has 0 atom stereocenters. The van der Waals surface area contributed by atoms with Gasteiger partial charge in [-0.05, 0) is 62.4 Å². The Morgan fingerprint density at radius 1 is 1.10 bits per heavy atom. The molecule has 0 radical (unpaired) electrons. The van der Waals surface area contributed by atoms with Crippen molar-refractivity contribution in [3.05, 3.63) is 66.6 Å². The van der Waals surface area contributed by atoms with Gasteiger partial charge in [-0.3, -0.25) is 10.1 Å². The van der Waals surface area contributed by atoms with Gasteiger partial charge in [0.15, 0.2) is 0 Å². The molecule has 0 amide bonds. The molecule has 0 unspecified atom stereocenters. The van der Waals surface area contributed by atoms with Crippen LogP contribution in [0.4, 0.5) is 5.69 Å². The van der Waals surface area contributed by atoms with Crippen LogP contribution >= 0.6 is 31.9 Å². The van der Waals surface area contributed by atoms with Crippen LogP contribution in [-0.2, 0) is 12.8 Å². The molecule has 1 N–H and O–H groups in total. The van der Waals surface area contributed by atoms with Gasteiger partial charge in [0.25, 0.3) is 5.69 Å². The van der Waals surface area contributed by atoms with Gasteiger partial charge in [-0.15, -0.1) is 0 Å². The Bertz CT molecular complexity index is 636. The van der Waals surface area contributed by atoms with E-state index in [0.717, 1.165) is 5.56 Å². The van der Waals surface area contributed by atoms with Crippen molar-refractivity contribution in [2.45, 2.75) is 12.8 Å². The molecule has 0 heterocycles. The van der Waals surface area contributed by atoms with E-state index in [0.29, 0.717) is 27.4 Å². The Kier molecular flexibility index (Phi) is 4.77. The molecular formula is C14H11Br2NO3. The van der Waals surface area contributed by atoms with Gasteiger partial charge in [0.2, 0.25) is 0 Å². The summed E-state index contributed by atoms with van der Waals surface area (Å²) in [7, 11) is 0. The second kappa shape index (κ2) is 6.37. The van der Waals surface area contributed by atoms with Gasteiger partial charge >= 0.3 is 0 Å². The SMILES string of the molecule is O=[N+]([O-])c1ccccc1CCc1cc(Br)c(O)c(Br)c1. The lowest BCUT2D eigenvalue weighted by Crippen LogP contribution is -1.97. The maximum atomic E-state index is 10.9. The van der Waals surface area contributed by atoms with Crippen LogP contribution in [0.5, 0.6) is 5.75 Å². The van der Waals surface area contributed by atoms with Crippen LogP contribution in [0.15, 0.2) is 45.3 Å². The quantitative estimate of drug-likeness (QED) is 0.602. The number of phenols is 1. The van der Waals surface area contributed by atoms with Crippen molar-refractivity contribution in [1.29, 1.82) is 0 Å². The van der Waals surface area contributed by atoms with Crippen LogP contribution < -0.4 is 0 Å². The van der Waals surface area contributed by atoms with E-state index in [9.17, 15) is 15.2 Å². The third-order valence-electron chi connectivity index (χ3n) is 2.95. The second-order valence-electron chi connectivity index (χ2n) is 4.29. The fourth-order valence-electron chi connectivity index (χ4n) is 1.94. The van der Waals surface area contributed by atoms with E-state index in [1.807, 2.05) is 12.1 Å². The van der Waals surface area contributed by atoms with E-state index in [-0.39, 0.29) is 16.4 Å². The fourth-order valence-corrected chi connectivity index (χ4v) is 3.22. The van der Waals surface area contributed by atoms with Gasteiger partial charge in [0, 0.05) is 11.6 Å². The van der Waals surface area contributed by atoms with Crippen molar-refractivity contribution >= 4 is 37.5 Å². The van der Waals surface area contributed by atoms with Gasteiger partial charge < -0.3 is 5.11 Å². The molecule has 0 aliphatic rings. The summed E-state index contributed by atoms with van der Waals surface area (Å²) in [5.74, 6) is 0.152. The molecule has 0 aromatic heterocycles. The summed E-state index contributed by atoms with van der Waals surface area (Å²) in [6, 6.07) is 10.4. The number of phenolic OH excluding ortho intramolecular Hbond substituents is 1. The maximum absolute atomic E-state index is 10.9. The molecule has 0 spiro atoms. The topological polar surface area (TPSA) is 63.4 Å². The number of aromatic hydroxyl groups is 1. The third-order valence-corrected chi connectivity index (χ3v) is 4.16. The predicted molar refractivity (Wildman–Crippen MR) is 84.0 cm³/mol. The summed E-state index contributed by atoms with van der Waals surface area (Å²) in [6.07, 6.45) is 1.23. The molecule has 0 saturated carbocycles. The Hall–Kier alpha value is -1.40. The normalized spacial score (nSPS) is 10.5. The van der Waals surface area contributed by atoms with Crippen LogP contribution in [0.1, 0.15) is 11.1 Å². The number of nitro benzene ring substituents is 1. The first-order valence-corrected chi connectivity index (χ1v) is 7.47. The molecular weight excluding hydrogens is 390 g/mol. The van der Waals surface area contributed by atoms with Gasteiger partial charge in [-0.1, -0.05) is 18.2 Å². The number of aryl methyl sites for hydroxylation is 2. The lowest BCUT2D eigenvalue weighted by Gasteiger charge is -2.06.